The molecule has 20 heavy (non-hydrogen) atoms. The summed E-state index contributed by atoms with van der Waals surface area (Å²) in [6.07, 6.45) is 0. The van der Waals surface area contributed by atoms with Crippen LogP contribution in [0.1, 0.15) is 12.5 Å². The van der Waals surface area contributed by atoms with E-state index in [9.17, 15) is 0 Å². The van der Waals surface area contributed by atoms with E-state index in [2.05, 4.69) is 9.98 Å². The van der Waals surface area contributed by atoms with Crippen molar-refractivity contribution in [2.24, 2.45) is 15.7 Å². The molecule has 2 aromatic carbocycles. The minimum atomic E-state index is 0.416. The molecule has 0 fully saturated rings. The van der Waals surface area contributed by atoms with Gasteiger partial charge in [0.15, 0.2) is 5.84 Å². The van der Waals surface area contributed by atoms with Crippen molar-refractivity contribution in [2.45, 2.75) is 6.92 Å². The summed E-state index contributed by atoms with van der Waals surface area (Å²) in [7, 11) is 0. The summed E-state index contributed by atoms with van der Waals surface area (Å²) < 4.78 is 0. The van der Waals surface area contributed by atoms with Crippen LogP contribution in [0.4, 0.5) is 11.4 Å². The number of amidine groups is 2. The zero-order valence-electron chi connectivity index (χ0n) is 11.0. The number of hydrogen-bond acceptors (Lipinski definition) is 2. The molecule has 2 aromatic rings. The highest BCUT2D eigenvalue weighted by molar-refractivity contribution is 6.34. The van der Waals surface area contributed by atoms with E-state index in [0.717, 1.165) is 11.3 Å². The van der Waals surface area contributed by atoms with Crippen molar-refractivity contribution in [3.63, 3.8) is 0 Å². The van der Waals surface area contributed by atoms with Gasteiger partial charge >= 0.3 is 0 Å². The first-order valence-corrected chi connectivity index (χ1v) is 6.44. The summed E-state index contributed by atoms with van der Waals surface area (Å²) in [4.78, 5) is 8.73. The molecule has 0 radical (unpaired) electrons. The summed E-state index contributed by atoms with van der Waals surface area (Å²) in [6, 6.07) is 14.6. The van der Waals surface area contributed by atoms with Crippen LogP contribution in [0.15, 0.2) is 58.5 Å². The lowest BCUT2D eigenvalue weighted by Gasteiger charge is -2.05. The van der Waals surface area contributed by atoms with E-state index in [4.69, 9.17) is 23.1 Å². The number of benzene rings is 2. The maximum Gasteiger partial charge on any atom is 0.163 e. The third-order valence-electron chi connectivity index (χ3n) is 2.53. The Labute approximate surface area is 122 Å². The summed E-state index contributed by atoms with van der Waals surface area (Å²) in [5, 5.41) is 0.576. The van der Waals surface area contributed by atoms with E-state index in [0.29, 0.717) is 22.4 Å². The van der Waals surface area contributed by atoms with Crippen molar-refractivity contribution in [3.05, 3.63) is 59.1 Å². The topological polar surface area (TPSA) is 76.8 Å². The second kappa shape index (κ2) is 6.21. The van der Waals surface area contributed by atoms with Crippen LogP contribution in [-0.4, -0.2) is 11.7 Å². The number of nitrogens with zero attached hydrogens (tertiary/aromatic N) is 2. The first-order chi connectivity index (χ1) is 9.56. The minimum absolute atomic E-state index is 0.416. The van der Waals surface area contributed by atoms with Crippen LogP contribution in [0.2, 0.25) is 5.02 Å². The second-order valence-electron chi connectivity index (χ2n) is 4.26. The van der Waals surface area contributed by atoms with Gasteiger partial charge in [-0.2, -0.15) is 0 Å². The van der Waals surface area contributed by atoms with Gasteiger partial charge in [-0.1, -0.05) is 23.7 Å². The molecule has 0 spiro atoms. The lowest BCUT2D eigenvalue weighted by Crippen LogP contribution is -2.10. The van der Waals surface area contributed by atoms with Gasteiger partial charge in [0.2, 0.25) is 0 Å². The van der Waals surface area contributed by atoms with Crippen molar-refractivity contribution < 1.29 is 0 Å². The molecule has 4 N–H and O–H groups in total. The van der Waals surface area contributed by atoms with Crippen LogP contribution in [0.5, 0.6) is 0 Å². The largest absolute Gasteiger partial charge is 0.399 e. The highest BCUT2D eigenvalue weighted by atomic mass is 35.5. The fourth-order valence-corrected chi connectivity index (χ4v) is 1.85. The quantitative estimate of drug-likeness (QED) is 0.504. The smallest absolute Gasteiger partial charge is 0.163 e. The Morgan fingerprint density at radius 2 is 1.70 bits per heavy atom. The number of anilines is 1. The molecular weight excluding hydrogens is 272 g/mol. The van der Waals surface area contributed by atoms with Gasteiger partial charge in [0.05, 0.1) is 16.5 Å². The van der Waals surface area contributed by atoms with Crippen molar-refractivity contribution in [3.8, 4) is 0 Å². The lowest BCUT2D eigenvalue weighted by atomic mass is 10.2. The molecule has 0 saturated carbocycles. The van der Waals surface area contributed by atoms with E-state index in [1.54, 1.807) is 25.1 Å². The molecule has 0 amide bonds. The van der Waals surface area contributed by atoms with Crippen molar-refractivity contribution in [1.29, 1.82) is 0 Å². The molecule has 4 nitrogen and oxygen atoms in total. The van der Waals surface area contributed by atoms with Crippen LogP contribution in [0, 0.1) is 0 Å². The molecule has 0 aliphatic carbocycles. The normalized spacial score (nSPS) is 12.5. The van der Waals surface area contributed by atoms with Gasteiger partial charge < -0.3 is 11.5 Å². The number of hydrogen-bond donors (Lipinski definition) is 2. The van der Waals surface area contributed by atoms with E-state index in [1.807, 2.05) is 30.3 Å². The third kappa shape index (κ3) is 3.59. The Balaban J connectivity index is 2.51. The predicted octanol–water partition coefficient (Wildman–Crippen LogP) is 3.38. The van der Waals surface area contributed by atoms with Gasteiger partial charge in [-0.3, -0.25) is 0 Å². The Bertz CT molecular complexity index is 656. The van der Waals surface area contributed by atoms with Crippen LogP contribution >= 0.6 is 11.6 Å². The molecular formula is C15H15ClN4. The van der Waals surface area contributed by atoms with Gasteiger partial charge in [-0.05, 0) is 43.3 Å². The Morgan fingerprint density at radius 1 is 1.05 bits per heavy atom. The van der Waals surface area contributed by atoms with E-state index >= 15 is 0 Å². The number of rotatable bonds is 2. The lowest BCUT2D eigenvalue weighted by molar-refractivity contribution is 1.42. The Morgan fingerprint density at radius 3 is 2.30 bits per heavy atom. The molecule has 0 bridgehead atoms. The summed E-state index contributed by atoms with van der Waals surface area (Å²) in [5.41, 5.74) is 13.5. The summed E-state index contributed by atoms with van der Waals surface area (Å²) >= 11 is 6.18. The summed E-state index contributed by atoms with van der Waals surface area (Å²) in [5.74, 6) is 0.888. The molecule has 0 aliphatic rings. The van der Waals surface area contributed by atoms with Crippen molar-refractivity contribution in [1.82, 2.24) is 0 Å². The molecule has 0 aromatic heterocycles. The SMILES string of the molecule is CC(N)=NC(=Nc1ccc(N)cc1)c1ccccc1Cl. The van der Waals surface area contributed by atoms with Gasteiger partial charge in [0.1, 0.15) is 0 Å². The zero-order chi connectivity index (χ0) is 14.5. The standard InChI is InChI=1S/C15H15ClN4/c1-10(17)19-15(13-4-2-3-5-14(13)16)20-12-8-6-11(18)7-9-12/h2-9H,18H2,1H3,(H2,17,19,20). The molecule has 0 unspecified atom stereocenters. The van der Waals surface area contributed by atoms with Crippen LogP contribution in [0.25, 0.3) is 0 Å². The first kappa shape index (κ1) is 14.1. The monoisotopic (exact) mass is 286 g/mol. The van der Waals surface area contributed by atoms with Crippen LogP contribution < -0.4 is 11.5 Å². The molecule has 2 rings (SSSR count). The van der Waals surface area contributed by atoms with Crippen molar-refractivity contribution in [2.75, 3.05) is 5.73 Å². The number of aliphatic imine (C=N–C) groups is 2. The number of halogens is 1. The van der Waals surface area contributed by atoms with Crippen LogP contribution in [-0.2, 0) is 0 Å². The van der Waals surface area contributed by atoms with Crippen molar-refractivity contribution >= 4 is 34.6 Å². The Kier molecular flexibility index (Phi) is 4.38. The minimum Gasteiger partial charge on any atom is -0.399 e. The molecule has 0 heterocycles. The highest BCUT2D eigenvalue weighted by Gasteiger charge is 2.07. The zero-order valence-corrected chi connectivity index (χ0v) is 11.8. The second-order valence-corrected chi connectivity index (χ2v) is 4.67. The first-order valence-electron chi connectivity index (χ1n) is 6.06. The number of nitrogen functional groups attached to an aromatic ring is 1. The van der Waals surface area contributed by atoms with Gasteiger partial charge in [-0.25, -0.2) is 9.98 Å². The van der Waals surface area contributed by atoms with Gasteiger partial charge in [0.25, 0.3) is 0 Å². The van der Waals surface area contributed by atoms with E-state index < -0.39 is 0 Å². The Hall–Kier alpha value is -2.33. The maximum atomic E-state index is 6.18. The third-order valence-corrected chi connectivity index (χ3v) is 2.85. The average Bonchev–Trinajstić information content (AvgIpc) is 2.41. The van der Waals surface area contributed by atoms with E-state index in [1.165, 1.54) is 0 Å². The van der Waals surface area contributed by atoms with Gasteiger partial charge in [0, 0.05) is 11.3 Å². The molecule has 102 valence electrons. The van der Waals surface area contributed by atoms with Crippen LogP contribution in [0.3, 0.4) is 0 Å². The molecule has 0 aliphatic heterocycles. The molecule has 0 atom stereocenters. The fraction of sp³-hybridized carbons (Fsp3) is 0.0667. The summed E-state index contributed by atoms with van der Waals surface area (Å²) in [6.45, 7) is 1.70. The molecule has 0 saturated heterocycles. The highest BCUT2D eigenvalue weighted by Crippen LogP contribution is 2.21. The average molecular weight is 287 g/mol. The fourth-order valence-electron chi connectivity index (χ4n) is 1.63. The molecule has 5 heteroatoms. The predicted molar refractivity (Wildman–Crippen MR) is 85.8 cm³/mol. The van der Waals surface area contributed by atoms with Gasteiger partial charge in [-0.15, -0.1) is 0 Å². The number of nitrogens with two attached hydrogens (primary N) is 2. The van der Waals surface area contributed by atoms with E-state index in [-0.39, 0.29) is 0 Å². The maximum absolute atomic E-state index is 6.18.